The summed E-state index contributed by atoms with van der Waals surface area (Å²) in [4.78, 5) is 14.4. The average Bonchev–Trinajstić information content (AvgIpc) is 2.89. The van der Waals surface area contributed by atoms with E-state index in [-0.39, 0.29) is 5.91 Å². The second-order valence-corrected chi connectivity index (χ2v) is 6.02. The molecule has 21 heavy (non-hydrogen) atoms. The third-order valence-corrected chi connectivity index (χ3v) is 4.14. The normalized spacial score (nSPS) is 18.8. The van der Waals surface area contributed by atoms with Crippen LogP contribution in [-0.2, 0) is 4.79 Å². The quantitative estimate of drug-likeness (QED) is 0.758. The Morgan fingerprint density at radius 2 is 2.14 bits per heavy atom. The summed E-state index contributed by atoms with van der Waals surface area (Å²) in [6, 6.07) is 7.27. The molecule has 1 aromatic rings. The van der Waals surface area contributed by atoms with Gasteiger partial charge in [-0.3, -0.25) is 4.79 Å². The standard InChI is InChI=1S/C17H27N3O/c1-2-4-14-10-12-20(13-14)11-3-5-17(21)19-16-8-6-15(18)7-9-16/h6-9,14H,2-5,10-13,18H2,1H3,(H,19,21). The van der Waals surface area contributed by atoms with Crippen molar-refractivity contribution in [1.29, 1.82) is 0 Å². The molecule has 1 aliphatic heterocycles. The molecule has 4 nitrogen and oxygen atoms in total. The predicted octanol–water partition coefficient (Wildman–Crippen LogP) is 3.11. The fourth-order valence-corrected chi connectivity index (χ4v) is 3.01. The Kier molecular flexibility index (Phi) is 6.05. The summed E-state index contributed by atoms with van der Waals surface area (Å²) in [5.74, 6) is 0.961. The summed E-state index contributed by atoms with van der Waals surface area (Å²) in [6.45, 7) is 5.71. The minimum absolute atomic E-state index is 0.0871. The number of nitrogens with two attached hydrogens (primary N) is 1. The molecule has 1 fully saturated rings. The van der Waals surface area contributed by atoms with E-state index in [9.17, 15) is 4.79 Å². The van der Waals surface area contributed by atoms with Crippen molar-refractivity contribution in [3.05, 3.63) is 24.3 Å². The molecular weight excluding hydrogens is 262 g/mol. The van der Waals surface area contributed by atoms with Crippen molar-refractivity contribution in [3.63, 3.8) is 0 Å². The number of anilines is 2. The lowest BCUT2D eigenvalue weighted by atomic mass is 10.0. The van der Waals surface area contributed by atoms with Gasteiger partial charge in [0, 0.05) is 24.3 Å². The molecule has 1 atom stereocenters. The van der Waals surface area contributed by atoms with Crippen LogP contribution in [0.25, 0.3) is 0 Å². The summed E-state index contributed by atoms with van der Waals surface area (Å²) in [7, 11) is 0. The molecule has 1 aromatic carbocycles. The zero-order valence-electron chi connectivity index (χ0n) is 13.0. The second kappa shape index (κ2) is 8.03. The molecule has 1 unspecified atom stereocenters. The number of likely N-dealkylation sites (tertiary alicyclic amines) is 1. The van der Waals surface area contributed by atoms with Gasteiger partial charge in [-0.15, -0.1) is 0 Å². The van der Waals surface area contributed by atoms with Gasteiger partial charge in [0.1, 0.15) is 0 Å². The van der Waals surface area contributed by atoms with Crippen LogP contribution in [0.5, 0.6) is 0 Å². The summed E-state index contributed by atoms with van der Waals surface area (Å²) in [5, 5.41) is 2.91. The van der Waals surface area contributed by atoms with Crippen LogP contribution in [0.2, 0.25) is 0 Å². The number of nitrogens with zero attached hydrogens (tertiary/aromatic N) is 1. The lowest BCUT2D eigenvalue weighted by Gasteiger charge is -2.15. The Labute approximate surface area is 127 Å². The van der Waals surface area contributed by atoms with E-state index in [1.165, 1.54) is 32.4 Å². The molecule has 2 rings (SSSR count). The van der Waals surface area contributed by atoms with Crippen LogP contribution in [-0.4, -0.2) is 30.4 Å². The van der Waals surface area contributed by atoms with E-state index in [0.717, 1.165) is 24.6 Å². The van der Waals surface area contributed by atoms with Crippen molar-refractivity contribution in [3.8, 4) is 0 Å². The van der Waals surface area contributed by atoms with E-state index in [2.05, 4.69) is 17.1 Å². The number of amides is 1. The molecule has 1 amide bonds. The van der Waals surface area contributed by atoms with E-state index >= 15 is 0 Å². The highest BCUT2D eigenvalue weighted by atomic mass is 16.1. The van der Waals surface area contributed by atoms with E-state index in [1.54, 1.807) is 12.1 Å². The van der Waals surface area contributed by atoms with Gasteiger partial charge in [-0.2, -0.15) is 0 Å². The first-order valence-electron chi connectivity index (χ1n) is 8.05. The molecule has 1 aliphatic rings. The van der Waals surface area contributed by atoms with E-state index in [1.807, 2.05) is 12.1 Å². The molecule has 0 saturated carbocycles. The van der Waals surface area contributed by atoms with Crippen molar-refractivity contribution in [1.82, 2.24) is 4.90 Å². The number of nitrogen functional groups attached to an aromatic ring is 1. The van der Waals surface area contributed by atoms with Gasteiger partial charge in [0.2, 0.25) is 5.91 Å². The molecule has 0 aromatic heterocycles. The Balaban J connectivity index is 1.62. The van der Waals surface area contributed by atoms with Crippen molar-refractivity contribution in [2.45, 2.75) is 39.0 Å². The minimum Gasteiger partial charge on any atom is -0.399 e. The molecule has 0 radical (unpaired) electrons. The maximum absolute atomic E-state index is 11.9. The highest BCUT2D eigenvalue weighted by Crippen LogP contribution is 2.21. The number of hydrogen-bond acceptors (Lipinski definition) is 3. The van der Waals surface area contributed by atoms with Crippen LogP contribution in [0.15, 0.2) is 24.3 Å². The van der Waals surface area contributed by atoms with Crippen LogP contribution in [0, 0.1) is 5.92 Å². The minimum atomic E-state index is 0.0871. The highest BCUT2D eigenvalue weighted by molar-refractivity contribution is 5.90. The third-order valence-electron chi connectivity index (χ3n) is 4.14. The van der Waals surface area contributed by atoms with Crippen LogP contribution < -0.4 is 11.1 Å². The number of nitrogens with one attached hydrogen (secondary N) is 1. The lowest BCUT2D eigenvalue weighted by Crippen LogP contribution is -2.23. The van der Waals surface area contributed by atoms with Gasteiger partial charge in [0.05, 0.1) is 0 Å². The maximum atomic E-state index is 11.9. The summed E-state index contributed by atoms with van der Waals surface area (Å²) in [6.07, 6.45) is 5.46. The van der Waals surface area contributed by atoms with Crippen LogP contribution in [0.3, 0.4) is 0 Å². The first-order valence-corrected chi connectivity index (χ1v) is 8.05. The van der Waals surface area contributed by atoms with Crippen molar-refractivity contribution < 1.29 is 4.79 Å². The highest BCUT2D eigenvalue weighted by Gasteiger charge is 2.21. The predicted molar refractivity (Wildman–Crippen MR) is 88.2 cm³/mol. The van der Waals surface area contributed by atoms with E-state index < -0.39 is 0 Å². The SMILES string of the molecule is CCCC1CCN(CCCC(=O)Nc2ccc(N)cc2)C1. The Hall–Kier alpha value is -1.55. The third kappa shape index (κ3) is 5.38. The van der Waals surface area contributed by atoms with Gasteiger partial charge in [-0.05, 0) is 62.5 Å². The van der Waals surface area contributed by atoms with E-state index in [0.29, 0.717) is 12.1 Å². The topological polar surface area (TPSA) is 58.4 Å². The number of rotatable bonds is 7. The number of carbonyl (C=O) groups is 1. The Morgan fingerprint density at radius 3 is 2.86 bits per heavy atom. The Morgan fingerprint density at radius 1 is 1.38 bits per heavy atom. The summed E-state index contributed by atoms with van der Waals surface area (Å²) >= 11 is 0. The first kappa shape index (κ1) is 15.8. The molecule has 1 saturated heterocycles. The van der Waals surface area contributed by atoms with Gasteiger partial charge >= 0.3 is 0 Å². The number of benzene rings is 1. The van der Waals surface area contributed by atoms with Crippen molar-refractivity contribution in [2.75, 3.05) is 30.7 Å². The summed E-state index contributed by atoms with van der Waals surface area (Å²) < 4.78 is 0. The molecule has 3 N–H and O–H groups in total. The van der Waals surface area contributed by atoms with Crippen LogP contribution >= 0.6 is 0 Å². The van der Waals surface area contributed by atoms with Crippen molar-refractivity contribution in [2.24, 2.45) is 5.92 Å². The van der Waals surface area contributed by atoms with Gasteiger partial charge in [0.15, 0.2) is 0 Å². The maximum Gasteiger partial charge on any atom is 0.224 e. The Bertz CT molecular complexity index is 444. The average molecular weight is 289 g/mol. The van der Waals surface area contributed by atoms with Crippen LogP contribution in [0.1, 0.15) is 39.0 Å². The zero-order chi connectivity index (χ0) is 15.1. The fourth-order valence-electron chi connectivity index (χ4n) is 3.01. The second-order valence-electron chi connectivity index (χ2n) is 6.02. The molecule has 1 heterocycles. The molecule has 0 bridgehead atoms. The summed E-state index contributed by atoms with van der Waals surface area (Å²) in [5.41, 5.74) is 7.15. The van der Waals surface area contributed by atoms with Crippen molar-refractivity contribution >= 4 is 17.3 Å². The molecule has 116 valence electrons. The molecule has 0 spiro atoms. The lowest BCUT2D eigenvalue weighted by molar-refractivity contribution is -0.116. The zero-order valence-corrected chi connectivity index (χ0v) is 13.0. The fraction of sp³-hybridized carbons (Fsp3) is 0.588. The first-order chi connectivity index (χ1) is 10.2. The molecule has 4 heteroatoms. The smallest absolute Gasteiger partial charge is 0.224 e. The number of hydrogen-bond donors (Lipinski definition) is 2. The van der Waals surface area contributed by atoms with Gasteiger partial charge < -0.3 is 16.0 Å². The van der Waals surface area contributed by atoms with Crippen LogP contribution in [0.4, 0.5) is 11.4 Å². The van der Waals surface area contributed by atoms with E-state index in [4.69, 9.17) is 5.73 Å². The monoisotopic (exact) mass is 289 g/mol. The number of carbonyl (C=O) groups excluding carboxylic acids is 1. The largest absolute Gasteiger partial charge is 0.399 e. The van der Waals surface area contributed by atoms with Gasteiger partial charge in [0.25, 0.3) is 0 Å². The molecule has 0 aliphatic carbocycles. The van der Waals surface area contributed by atoms with Gasteiger partial charge in [-0.1, -0.05) is 13.3 Å². The van der Waals surface area contributed by atoms with Gasteiger partial charge in [-0.25, -0.2) is 0 Å². The molecular formula is C17H27N3O.